The van der Waals surface area contributed by atoms with E-state index in [2.05, 4.69) is 36.9 Å². The molecule has 2 aromatic carbocycles. The van der Waals surface area contributed by atoms with E-state index in [-0.39, 0.29) is 10.8 Å². The fourth-order valence-corrected chi connectivity index (χ4v) is 5.83. The molecule has 2 aliphatic rings. The molecule has 0 amide bonds. The van der Waals surface area contributed by atoms with Gasteiger partial charge in [-0.25, -0.2) is 0 Å². The monoisotopic (exact) mass is 435 g/mol. The van der Waals surface area contributed by atoms with Crippen molar-refractivity contribution in [1.29, 1.82) is 0 Å². The molecule has 3 heterocycles. The van der Waals surface area contributed by atoms with Crippen LogP contribution in [-0.2, 0) is 10.2 Å². The average molecular weight is 436 g/mol. The average Bonchev–Trinajstić information content (AvgIpc) is 2.79. The van der Waals surface area contributed by atoms with E-state index in [4.69, 9.17) is 13.9 Å². The van der Waals surface area contributed by atoms with Gasteiger partial charge in [0, 0.05) is 46.0 Å². The second-order valence-corrected chi connectivity index (χ2v) is 9.42. The van der Waals surface area contributed by atoms with Crippen LogP contribution in [-0.4, -0.2) is 33.4 Å². The highest BCUT2D eigenvalue weighted by molar-refractivity contribution is 7.99. The van der Waals surface area contributed by atoms with Crippen molar-refractivity contribution in [1.82, 2.24) is 0 Å². The van der Waals surface area contributed by atoms with Crippen LogP contribution in [0.1, 0.15) is 25.0 Å². The van der Waals surface area contributed by atoms with E-state index in [0.29, 0.717) is 24.9 Å². The number of hydrogen-bond acceptors (Lipinski definition) is 6. The zero-order valence-corrected chi connectivity index (χ0v) is 18.8. The predicted molar refractivity (Wildman–Crippen MR) is 123 cm³/mol. The number of ether oxygens (including phenoxy) is 2. The Bertz CT molecular complexity index is 1190. The van der Waals surface area contributed by atoms with Crippen molar-refractivity contribution in [2.75, 3.05) is 38.3 Å². The number of anilines is 1. The van der Waals surface area contributed by atoms with Crippen LogP contribution in [0.2, 0.25) is 0 Å². The molecule has 1 fully saturated rings. The van der Waals surface area contributed by atoms with Crippen molar-refractivity contribution >= 4 is 17.6 Å². The Morgan fingerprint density at radius 2 is 1.84 bits per heavy atom. The molecule has 2 aliphatic heterocycles. The summed E-state index contributed by atoms with van der Waals surface area (Å²) in [7, 11) is 1.69. The molecule has 0 aliphatic carbocycles. The number of benzene rings is 2. The molecule has 0 radical (unpaired) electrons. The molecule has 0 N–H and O–H groups in total. The zero-order chi connectivity index (χ0) is 21.6. The summed E-state index contributed by atoms with van der Waals surface area (Å²) in [5, 5.41) is 0. The molecule has 6 heteroatoms. The van der Waals surface area contributed by atoms with Gasteiger partial charge in [-0.3, -0.25) is 4.79 Å². The van der Waals surface area contributed by atoms with E-state index in [9.17, 15) is 4.79 Å². The van der Waals surface area contributed by atoms with E-state index >= 15 is 0 Å². The van der Waals surface area contributed by atoms with E-state index < -0.39 is 0 Å². The van der Waals surface area contributed by atoms with Gasteiger partial charge in [-0.15, -0.1) is 0 Å². The Labute approximate surface area is 186 Å². The lowest BCUT2D eigenvalue weighted by atomic mass is 9.77. The summed E-state index contributed by atoms with van der Waals surface area (Å²) in [5.41, 5.74) is 3.15. The topological polar surface area (TPSA) is 51.9 Å². The second kappa shape index (κ2) is 7.77. The van der Waals surface area contributed by atoms with Gasteiger partial charge in [-0.1, -0.05) is 43.8 Å². The van der Waals surface area contributed by atoms with E-state index in [1.54, 1.807) is 31.0 Å². The first kappa shape index (κ1) is 20.2. The molecule has 5 rings (SSSR count). The van der Waals surface area contributed by atoms with E-state index in [0.717, 1.165) is 29.3 Å². The third-order valence-electron chi connectivity index (χ3n) is 6.10. The highest BCUT2D eigenvalue weighted by Gasteiger charge is 2.35. The minimum atomic E-state index is -0.206. The van der Waals surface area contributed by atoms with Crippen LogP contribution < -0.4 is 15.1 Å². The molecular formula is C25H25NO4S. The number of hydrogen-bond donors (Lipinski definition) is 0. The van der Waals surface area contributed by atoms with Gasteiger partial charge in [0.2, 0.25) is 0 Å². The number of morpholine rings is 1. The summed E-state index contributed by atoms with van der Waals surface area (Å²) in [6.07, 6.45) is 0. The van der Waals surface area contributed by atoms with E-state index in [1.807, 2.05) is 18.2 Å². The fourth-order valence-electron chi connectivity index (χ4n) is 4.34. The van der Waals surface area contributed by atoms with Crippen LogP contribution in [0.5, 0.6) is 5.75 Å². The minimum Gasteiger partial charge on any atom is -0.497 e. The molecule has 0 saturated carbocycles. The van der Waals surface area contributed by atoms with Crippen molar-refractivity contribution in [2.24, 2.45) is 0 Å². The Balaban J connectivity index is 1.63. The zero-order valence-electron chi connectivity index (χ0n) is 17.9. The molecule has 160 valence electrons. The molecule has 0 unspecified atom stereocenters. The van der Waals surface area contributed by atoms with Gasteiger partial charge in [0.1, 0.15) is 11.5 Å². The molecule has 31 heavy (non-hydrogen) atoms. The fraction of sp³-hybridized carbons (Fsp3) is 0.320. The number of fused-ring (bicyclic) bond motifs is 2. The van der Waals surface area contributed by atoms with Crippen molar-refractivity contribution < 1.29 is 13.9 Å². The maximum atomic E-state index is 12.6. The molecule has 1 aromatic heterocycles. The van der Waals surface area contributed by atoms with Gasteiger partial charge in [0.15, 0.2) is 11.3 Å². The summed E-state index contributed by atoms with van der Waals surface area (Å²) >= 11 is 1.72. The SMILES string of the molecule is COc1ccc2c(c1)C(C)(C)c1cccc(-c3cc(=O)cc(N4CCOCC4)o3)c1S2. The van der Waals surface area contributed by atoms with E-state index in [1.165, 1.54) is 16.0 Å². The summed E-state index contributed by atoms with van der Waals surface area (Å²) in [6.45, 7) is 7.17. The summed E-state index contributed by atoms with van der Waals surface area (Å²) in [6, 6.07) is 15.6. The second-order valence-electron chi connectivity index (χ2n) is 8.37. The maximum Gasteiger partial charge on any atom is 0.200 e. The van der Waals surface area contributed by atoms with Gasteiger partial charge < -0.3 is 18.8 Å². The highest BCUT2D eigenvalue weighted by atomic mass is 32.2. The Morgan fingerprint density at radius 3 is 2.61 bits per heavy atom. The van der Waals surface area contributed by atoms with Gasteiger partial charge in [0.05, 0.1) is 20.3 Å². The van der Waals surface area contributed by atoms with Crippen LogP contribution in [0.15, 0.2) is 67.5 Å². The first-order chi connectivity index (χ1) is 15.0. The van der Waals surface area contributed by atoms with Crippen LogP contribution in [0, 0.1) is 0 Å². The molecular weight excluding hydrogens is 410 g/mol. The number of methoxy groups -OCH3 is 1. The summed E-state index contributed by atoms with van der Waals surface area (Å²) in [5.74, 6) is 2.07. The maximum absolute atomic E-state index is 12.6. The van der Waals surface area contributed by atoms with Crippen LogP contribution in [0.4, 0.5) is 5.88 Å². The van der Waals surface area contributed by atoms with Crippen molar-refractivity contribution in [3.8, 4) is 17.1 Å². The molecule has 3 aromatic rings. The highest BCUT2D eigenvalue weighted by Crippen LogP contribution is 2.52. The lowest BCUT2D eigenvalue weighted by molar-refractivity contribution is 0.120. The van der Waals surface area contributed by atoms with Crippen LogP contribution in [0.3, 0.4) is 0 Å². The lowest BCUT2D eigenvalue weighted by Gasteiger charge is -2.35. The molecule has 0 spiro atoms. The van der Waals surface area contributed by atoms with Crippen LogP contribution >= 0.6 is 11.8 Å². The lowest BCUT2D eigenvalue weighted by Crippen LogP contribution is -2.36. The van der Waals surface area contributed by atoms with Crippen molar-refractivity contribution in [2.45, 2.75) is 29.1 Å². The predicted octanol–water partition coefficient (Wildman–Crippen LogP) is 4.94. The quantitative estimate of drug-likeness (QED) is 0.581. The molecule has 5 nitrogen and oxygen atoms in total. The number of nitrogens with zero attached hydrogens (tertiary/aromatic N) is 1. The first-order valence-corrected chi connectivity index (χ1v) is 11.3. The Morgan fingerprint density at radius 1 is 1.03 bits per heavy atom. The smallest absolute Gasteiger partial charge is 0.200 e. The van der Waals surface area contributed by atoms with Crippen molar-refractivity contribution in [3.63, 3.8) is 0 Å². The summed E-state index contributed by atoms with van der Waals surface area (Å²) in [4.78, 5) is 16.9. The molecule has 0 atom stereocenters. The standard InChI is InChI=1S/C25H25NO4S/c1-25(2)19-6-4-5-18(24(19)31-22-8-7-17(28-3)15-20(22)25)21-13-16(27)14-23(30-21)26-9-11-29-12-10-26/h4-8,13-15H,9-12H2,1-3H3. The van der Waals surface area contributed by atoms with Gasteiger partial charge >= 0.3 is 0 Å². The van der Waals surface area contributed by atoms with Gasteiger partial charge in [0.25, 0.3) is 0 Å². The largest absolute Gasteiger partial charge is 0.497 e. The van der Waals surface area contributed by atoms with Gasteiger partial charge in [-0.05, 0) is 29.3 Å². The van der Waals surface area contributed by atoms with Crippen LogP contribution in [0.25, 0.3) is 11.3 Å². The summed E-state index contributed by atoms with van der Waals surface area (Å²) < 4.78 is 17.2. The first-order valence-electron chi connectivity index (χ1n) is 10.5. The minimum absolute atomic E-state index is 0.0504. The number of rotatable bonds is 3. The third-order valence-corrected chi connectivity index (χ3v) is 7.32. The Hall–Kier alpha value is -2.70. The van der Waals surface area contributed by atoms with Gasteiger partial charge in [-0.2, -0.15) is 0 Å². The molecule has 0 bridgehead atoms. The Kier molecular flexibility index (Phi) is 5.07. The van der Waals surface area contributed by atoms with Crippen molar-refractivity contribution in [3.05, 3.63) is 69.9 Å². The molecule has 1 saturated heterocycles. The third kappa shape index (κ3) is 3.54. The normalized spacial score (nSPS) is 17.1.